The monoisotopic (exact) mass is 420 g/mol. The molecule has 2 atom stereocenters. The molecule has 1 aliphatic heterocycles. The average molecular weight is 421 g/mol. The maximum atomic E-state index is 13.1. The largest absolute Gasteiger partial charge is 0.372 e. The molecule has 0 spiro atoms. The van der Waals surface area contributed by atoms with Gasteiger partial charge in [-0.3, -0.25) is 4.79 Å². The number of amides is 1. The van der Waals surface area contributed by atoms with E-state index in [-0.39, 0.29) is 30.0 Å². The van der Waals surface area contributed by atoms with Gasteiger partial charge < -0.3 is 14.5 Å². The van der Waals surface area contributed by atoms with Gasteiger partial charge in [-0.15, -0.1) is 0 Å². The molecule has 0 saturated carbocycles. The minimum Gasteiger partial charge on any atom is -0.372 e. The number of aromatic nitrogens is 2. The summed E-state index contributed by atoms with van der Waals surface area (Å²) >= 11 is 1.34. The Morgan fingerprint density at radius 3 is 2.55 bits per heavy atom. The van der Waals surface area contributed by atoms with Crippen molar-refractivity contribution in [3.63, 3.8) is 0 Å². The molecule has 1 aromatic carbocycles. The van der Waals surface area contributed by atoms with E-state index in [1.807, 2.05) is 18.7 Å². The van der Waals surface area contributed by atoms with Crippen molar-refractivity contribution in [2.75, 3.05) is 24.5 Å². The first-order valence-electron chi connectivity index (χ1n) is 10.1. The maximum absolute atomic E-state index is 13.1. The molecule has 0 N–H and O–H groups in total. The SMILES string of the molecule is CC(C)N(CCC(=O)N1C[C@H](C)O[C@@H](C)C1)c1nc(Cc2ccc(F)cc2)ns1. The summed E-state index contributed by atoms with van der Waals surface area (Å²) in [6.45, 7) is 10.1. The zero-order valence-electron chi connectivity index (χ0n) is 17.5. The molecule has 1 aliphatic rings. The van der Waals surface area contributed by atoms with Gasteiger partial charge in [-0.05, 0) is 45.4 Å². The molecule has 2 aromatic rings. The predicted molar refractivity (Wildman–Crippen MR) is 113 cm³/mol. The number of hydrogen-bond donors (Lipinski definition) is 0. The van der Waals surface area contributed by atoms with E-state index in [1.165, 1.54) is 23.7 Å². The first-order valence-corrected chi connectivity index (χ1v) is 10.9. The molecule has 1 fully saturated rings. The first kappa shape index (κ1) is 21.6. The predicted octanol–water partition coefficient (Wildman–Crippen LogP) is 3.51. The van der Waals surface area contributed by atoms with Crippen LogP contribution in [0, 0.1) is 5.82 Å². The van der Waals surface area contributed by atoms with Crippen molar-refractivity contribution in [3.05, 3.63) is 41.5 Å². The van der Waals surface area contributed by atoms with E-state index >= 15 is 0 Å². The van der Waals surface area contributed by atoms with Crippen LogP contribution in [-0.4, -0.2) is 58.0 Å². The van der Waals surface area contributed by atoms with E-state index in [2.05, 4.69) is 28.1 Å². The second-order valence-corrected chi connectivity index (χ2v) is 8.62. The van der Waals surface area contributed by atoms with Crippen LogP contribution in [0.15, 0.2) is 24.3 Å². The highest BCUT2D eigenvalue weighted by molar-refractivity contribution is 7.09. The lowest BCUT2D eigenvalue weighted by molar-refractivity contribution is -0.143. The molecule has 2 heterocycles. The summed E-state index contributed by atoms with van der Waals surface area (Å²) in [5, 5.41) is 0.814. The van der Waals surface area contributed by atoms with Crippen LogP contribution in [-0.2, 0) is 16.0 Å². The first-order chi connectivity index (χ1) is 13.8. The third kappa shape index (κ3) is 5.96. The number of anilines is 1. The molecule has 0 bridgehead atoms. The lowest BCUT2D eigenvalue weighted by Crippen LogP contribution is -2.49. The summed E-state index contributed by atoms with van der Waals surface area (Å²) in [5.74, 6) is 0.610. The van der Waals surface area contributed by atoms with Crippen molar-refractivity contribution >= 4 is 22.6 Å². The van der Waals surface area contributed by atoms with Crippen molar-refractivity contribution < 1.29 is 13.9 Å². The van der Waals surface area contributed by atoms with Crippen molar-refractivity contribution in [1.82, 2.24) is 14.3 Å². The van der Waals surface area contributed by atoms with Crippen LogP contribution in [0.25, 0.3) is 0 Å². The molecular weight excluding hydrogens is 391 g/mol. The lowest BCUT2D eigenvalue weighted by atomic mass is 10.1. The second kappa shape index (κ2) is 9.63. The Balaban J connectivity index is 1.60. The highest BCUT2D eigenvalue weighted by atomic mass is 32.1. The third-order valence-electron chi connectivity index (χ3n) is 4.94. The summed E-state index contributed by atoms with van der Waals surface area (Å²) in [7, 11) is 0. The Labute approximate surface area is 175 Å². The Morgan fingerprint density at radius 1 is 1.28 bits per heavy atom. The van der Waals surface area contributed by atoms with E-state index in [0.29, 0.717) is 38.3 Å². The van der Waals surface area contributed by atoms with Crippen molar-refractivity contribution in [1.29, 1.82) is 0 Å². The maximum Gasteiger partial charge on any atom is 0.224 e. The Morgan fingerprint density at radius 2 is 1.93 bits per heavy atom. The molecule has 0 aliphatic carbocycles. The summed E-state index contributed by atoms with van der Waals surface area (Å²) in [6.07, 6.45) is 1.14. The molecule has 29 heavy (non-hydrogen) atoms. The molecule has 8 heteroatoms. The molecule has 1 aromatic heterocycles. The molecule has 158 valence electrons. The van der Waals surface area contributed by atoms with Gasteiger partial charge in [0.15, 0.2) is 0 Å². The lowest BCUT2D eigenvalue weighted by Gasteiger charge is -2.36. The summed E-state index contributed by atoms with van der Waals surface area (Å²) < 4.78 is 23.3. The number of halogens is 1. The molecule has 0 radical (unpaired) electrons. The van der Waals surface area contributed by atoms with Crippen LogP contribution in [0.3, 0.4) is 0 Å². The Hall–Kier alpha value is -2.06. The van der Waals surface area contributed by atoms with Crippen LogP contribution in [0.4, 0.5) is 9.52 Å². The van der Waals surface area contributed by atoms with Crippen molar-refractivity contribution in [2.24, 2.45) is 0 Å². The molecule has 3 rings (SSSR count). The van der Waals surface area contributed by atoms with E-state index in [4.69, 9.17) is 4.74 Å². The average Bonchev–Trinajstić information content (AvgIpc) is 3.10. The van der Waals surface area contributed by atoms with Gasteiger partial charge in [0.05, 0.1) is 12.2 Å². The molecule has 6 nitrogen and oxygen atoms in total. The minimum absolute atomic E-state index is 0.0704. The number of carbonyl (C=O) groups excluding carboxylic acids is 1. The summed E-state index contributed by atoms with van der Waals surface area (Å²) in [5.41, 5.74) is 0.970. The fourth-order valence-electron chi connectivity index (χ4n) is 3.55. The third-order valence-corrected chi connectivity index (χ3v) is 5.73. The number of ether oxygens (including phenoxy) is 1. The second-order valence-electron chi connectivity index (χ2n) is 7.89. The summed E-state index contributed by atoms with van der Waals surface area (Å²) in [6, 6.07) is 6.60. The number of morpholine rings is 1. The summed E-state index contributed by atoms with van der Waals surface area (Å²) in [4.78, 5) is 21.4. The zero-order valence-corrected chi connectivity index (χ0v) is 18.3. The van der Waals surface area contributed by atoms with E-state index in [1.54, 1.807) is 12.1 Å². The Bertz CT molecular complexity index is 801. The highest BCUT2D eigenvalue weighted by Gasteiger charge is 2.26. The molecule has 1 saturated heterocycles. The topological polar surface area (TPSA) is 58.6 Å². The minimum atomic E-state index is -0.250. The fourth-order valence-corrected chi connectivity index (χ4v) is 4.39. The van der Waals surface area contributed by atoms with Gasteiger partial charge in [0.25, 0.3) is 0 Å². The van der Waals surface area contributed by atoms with Crippen LogP contribution in [0.5, 0.6) is 0 Å². The quantitative estimate of drug-likeness (QED) is 0.686. The smallest absolute Gasteiger partial charge is 0.224 e. The highest BCUT2D eigenvalue weighted by Crippen LogP contribution is 2.22. The van der Waals surface area contributed by atoms with Crippen molar-refractivity contribution in [3.8, 4) is 0 Å². The van der Waals surface area contributed by atoms with E-state index < -0.39 is 0 Å². The van der Waals surface area contributed by atoms with E-state index in [0.717, 1.165) is 10.7 Å². The normalized spacial score (nSPS) is 19.6. The van der Waals surface area contributed by atoms with Gasteiger partial charge in [-0.2, -0.15) is 4.37 Å². The van der Waals surface area contributed by atoms with Gasteiger partial charge in [-0.1, -0.05) is 12.1 Å². The molecule has 0 unspecified atom stereocenters. The van der Waals surface area contributed by atoms with Crippen molar-refractivity contribution in [2.45, 2.75) is 58.8 Å². The van der Waals surface area contributed by atoms with Gasteiger partial charge in [0, 0.05) is 50.1 Å². The van der Waals surface area contributed by atoms with E-state index in [9.17, 15) is 9.18 Å². The van der Waals surface area contributed by atoms with Gasteiger partial charge >= 0.3 is 0 Å². The van der Waals surface area contributed by atoms with Crippen LogP contribution in [0.2, 0.25) is 0 Å². The fraction of sp³-hybridized carbons (Fsp3) is 0.571. The molecule has 1 amide bonds. The van der Waals surface area contributed by atoms with Gasteiger partial charge in [-0.25, -0.2) is 9.37 Å². The number of hydrogen-bond acceptors (Lipinski definition) is 6. The number of rotatable bonds is 7. The van der Waals surface area contributed by atoms with Crippen LogP contribution in [0.1, 0.15) is 45.5 Å². The van der Waals surface area contributed by atoms with Crippen LogP contribution < -0.4 is 4.90 Å². The Kier molecular flexibility index (Phi) is 7.18. The van der Waals surface area contributed by atoms with Gasteiger partial charge in [0.1, 0.15) is 11.6 Å². The van der Waals surface area contributed by atoms with Crippen LogP contribution >= 0.6 is 11.5 Å². The number of benzene rings is 1. The number of nitrogens with zero attached hydrogens (tertiary/aromatic N) is 4. The standard InChI is InChI=1S/C21H29FN4O2S/c1-14(2)26(10-9-20(27)25-12-15(3)28-16(4)13-25)21-23-19(24-29-21)11-17-5-7-18(22)8-6-17/h5-8,14-16H,9-13H2,1-4H3/t15-,16-/m0/s1. The number of carbonyl (C=O) groups is 1. The zero-order chi connectivity index (χ0) is 21.0. The van der Waals surface area contributed by atoms with Gasteiger partial charge in [0.2, 0.25) is 11.0 Å². The molecular formula is C21H29FN4O2S.